The van der Waals surface area contributed by atoms with Gasteiger partial charge in [-0.05, 0) is 12.1 Å². The fourth-order valence-corrected chi connectivity index (χ4v) is 1.11. The zero-order valence-electron chi connectivity index (χ0n) is 7.93. The van der Waals surface area contributed by atoms with E-state index in [0.717, 1.165) is 6.26 Å². The first-order valence-electron chi connectivity index (χ1n) is 4.15. The summed E-state index contributed by atoms with van der Waals surface area (Å²) in [5.74, 6) is 0.425. The Bertz CT molecular complexity index is 424. The molecule has 0 amide bonds. The molecule has 0 aliphatic rings. The molecule has 1 N–H and O–H groups in total. The lowest BCUT2D eigenvalue weighted by Crippen LogP contribution is -1.98. The Kier molecular flexibility index (Phi) is 5.09. The zero-order valence-corrected chi connectivity index (χ0v) is 9.44. The highest BCUT2D eigenvalue weighted by molar-refractivity contribution is 6.55. The molecule has 84 valence electrons. The first-order valence-corrected chi connectivity index (χ1v) is 4.90. The molecule has 1 unspecified atom stereocenters. The molecule has 0 radical (unpaired) electrons. The molecule has 0 aromatic heterocycles. The molecule has 6 heteroatoms. The molecule has 1 atom stereocenters. The van der Waals surface area contributed by atoms with Crippen molar-refractivity contribution in [2.45, 2.75) is 6.10 Å². The van der Waals surface area contributed by atoms with E-state index in [1.807, 2.05) is 0 Å². The number of halogens is 2. The third-order valence-corrected chi connectivity index (χ3v) is 1.85. The fraction of sp³-hybridized carbons (Fsp3) is 0.100. The van der Waals surface area contributed by atoms with E-state index in [9.17, 15) is 0 Å². The highest BCUT2D eigenvalue weighted by atomic mass is 35.5. The van der Waals surface area contributed by atoms with Crippen molar-refractivity contribution in [3.8, 4) is 11.8 Å². The van der Waals surface area contributed by atoms with E-state index in [1.54, 1.807) is 24.3 Å². The summed E-state index contributed by atoms with van der Waals surface area (Å²) in [5, 5.41) is 17.1. The third kappa shape index (κ3) is 3.72. The molecule has 16 heavy (non-hydrogen) atoms. The van der Waals surface area contributed by atoms with Crippen LogP contribution in [0.1, 0.15) is 11.7 Å². The van der Waals surface area contributed by atoms with Gasteiger partial charge in [0, 0.05) is 5.56 Å². The lowest BCUT2D eigenvalue weighted by atomic mass is 10.1. The van der Waals surface area contributed by atoms with Gasteiger partial charge in [-0.1, -0.05) is 35.3 Å². The first kappa shape index (κ1) is 12.8. The minimum atomic E-state index is -1.06. The standard InChI is InChI=1S/C10H7Cl2NO3/c11-10(12)6-15-8-3-1-2-7(4-8)9(5-13)16-14/h1-4,6,9,14H. The van der Waals surface area contributed by atoms with Crippen molar-refractivity contribution in [3.05, 3.63) is 40.6 Å². The van der Waals surface area contributed by atoms with Crippen molar-refractivity contribution in [2.24, 2.45) is 0 Å². The quantitative estimate of drug-likeness (QED) is 0.512. The van der Waals surface area contributed by atoms with Crippen molar-refractivity contribution in [3.63, 3.8) is 0 Å². The number of hydrogen-bond acceptors (Lipinski definition) is 4. The molecule has 0 bridgehead atoms. The van der Waals surface area contributed by atoms with Crippen LogP contribution < -0.4 is 4.74 Å². The molecular weight excluding hydrogens is 253 g/mol. The Labute approximate surface area is 102 Å². The highest BCUT2D eigenvalue weighted by Crippen LogP contribution is 2.21. The molecule has 0 aliphatic heterocycles. The van der Waals surface area contributed by atoms with E-state index in [1.165, 1.54) is 6.07 Å². The van der Waals surface area contributed by atoms with Gasteiger partial charge in [-0.15, -0.1) is 0 Å². The average molecular weight is 260 g/mol. The zero-order chi connectivity index (χ0) is 12.0. The van der Waals surface area contributed by atoms with Crippen molar-refractivity contribution >= 4 is 23.2 Å². The van der Waals surface area contributed by atoms with Crippen LogP contribution in [-0.4, -0.2) is 5.26 Å². The summed E-state index contributed by atoms with van der Waals surface area (Å²) in [6.07, 6.45) is 0.0858. The Hall–Kier alpha value is -1.25. The molecule has 0 aliphatic carbocycles. The predicted octanol–water partition coefficient (Wildman–Crippen LogP) is 3.40. The van der Waals surface area contributed by atoms with Crippen LogP contribution in [0.5, 0.6) is 5.75 Å². The molecule has 1 aromatic rings. The third-order valence-electron chi connectivity index (χ3n) is 1.67. The maximum absolute atomic E-state index is 8.66. The van der Waals surface area contributed by atoms with Crippen LogP contribution in [-0.2, 0) is 4.89 Å². The molecule has 0 fully saturated rings. The second-order valence-electron chi connectivity index (χ2n) is 2.71. The van der Waals surface area contributed by atoms with E-state index in [0.29, 0.717) is 11.3 Å². The maximum Gasteiger partial charge on any atom is 0.204 e. The summed E-state index contributed by atoms with van der Waals surface area (Å²) in [6, 6.07) is 8.19. The van der Waals surface area contributed by atoms with Crippen LogP contribution in [0.15, 0.2) is 35.0 Å². The highest BCUT2D eigenvalue weighted by Gasteiger charge is 2.10. The Morgan fingerprint density at radius 2 is 2.25 bits per heavy atom. The normalized spacial score (nSPS) is 11.4. The summed E-state index contributed by atoms with van der Waals surface area (Å²) in [5.41, 5.74) is 0.460. The van der Waals surface area contributed by atoms with Gasteiger partial charge in [0.05, 0.1) is 0 Å². The predicted molar refractivity (Wildman–Crippen MR) is 58.9 cm³/mol. The Balaban J connectivity index is 2.87. The van der Waals surface area contributed by atoms with Gasteiger partial charge in [0.15, 0.2) is 0 Å². The fourth-order valence-electron chi connectivity index (χ4n) is 1.02. The number of hydrogen-bond donors (Lipinski definition) is 1. The molecule has 1 aromatic carbocycles. The average Bonchev–Trinajstić information content (AvgIpc) is 2.29. The van der Waals surface area contributed by atoms with Crippen LogP contribution in [0.2, 0.25) is 0 Å². The molecular formula is C10H7Cl2NO3. The molecule has 0 spiro atoms. The second-order valence-corrected chi connectivity index (χ2v) is 3.72. The number of nitriles is 1. The van der Waals surface area contributed by atoms with Gasteiger partial charge in [0.2, 0.25) is 6.10 Å². The topological polar surface area (TPSA) is 62.5 Å². The van der Waals surface area contributed by atoms with Crippen LogP contribution in [0, 0.1) is 11.3 Å². The van der Waals surface area contributed by atoms with E-state index in [2.05, 4.69) is 4.89 Å². The molecule has 0 heterocycles. The lowest BCUT2D eigenvalue weighted by molar-refractivity contribution is -0.266. The van der Waals surface area contributed by atoms with E-state index in [-0.39, 0.29) is 4.49 Å². The Morgan fingerprint density at radius 1 is 1.50 bits per heavy atom. The summed E-state index contributed by atoms with van der Waals surface area (Å²) < 4.78 is 5.05. The van der Waals surface area contributed by atoms with Crippen LogP contribution in [0.4, 0.5) is 0 Å². The first-order chi connectivity index (χ1) is 7.67. The minimum Gasteiger partial charge on any atom is -0.462 e. The van der Waals surface area contributed by atoms with Crippen LogP contribution in [0.25, 0.3) is 0 Å². The van der Waals surface area contributed by atoms with Crippen molar-refractivity contribution in [1.82, 2.24) is 0 Å². The molecule has 0 saturated heterocycles. The lowest BCUT2D eigenvalue weighted by Gasteiger charge is -2.06. The number of ether oxygens (including phenoxy) is 1. The van der Waals surface area contributed by atoms with E-state index in [4.69, 9.17) is 38.5 Å². The van der Waals surface area contributed by atoms with E-state index < -0.39 is 6.10 Å². The number of rotatable bonds is 4. The molecule has 4 nitrogen and oxygen atoms in total. The SMILES string of the molecule is N#CC(OO)c1cccc(OC=C(Cl)Cl)c1. The van der Waals surface area contributed by atoms with Crippen LogP contribution >= 0.6 is 23.2 Å². The second kappa shape index (κ2) is 6.36. The summed E-state index contributed by atoms with van der Waals surface area (Å²) >= 11 is 10.7. The van der Waals surface area contributed by atoms with Gasteiger partial charge in [0.1, 0.15) is 22.6 Å². The van der Waals surface area contributed by atoms with Gasteiger partial charge in [0.25, 0.3) is 0 Å². The van der Waals surface area contributed by atoms with Gasteiger partial charge in [-0.3, -0.25) is 5.26 Å². The number of nitrogens with zero attached hydrogens (tertiary/aromatic N) is 1. The van der Waals surface area contributed by atoms with Crippen molar-refractivity contribution in [2.75, 3.05) is 0 Å². The van der Waals surface area contributed by atoms with Crippen molar-refractivity contribution < 1.29 is 14.9 Å². The molecule has 1 rings (SSSR count). The summed E-state index contributed by atoms with van der Waals surface area (Å²) in [6.45, 7) is 0. The van der Waals surface area contributed by atoms with Crippen LogP contribution in [0.3, 0.4) is 0 Å². The van der Waals surface area contributed by atoms with E-state index >= 15 is 0 Å². The summed E-state index contributed by atoms with van der Waals surface area (Å²) in [4.78, 5) is 3.98. The largest absolute Gasteiger partial charge is 0.462 e. The van der Waals surface area contributed by atoms with Crippen molar-refractivity contribution in [1.29, 1.82) is 5.26 Å². The maximum atomic E-state index is 8.66. The Morgan fingerprint density at radius 3 is 2.81 bits per heavy atom. The monoisotopic (exact) mass is 259 g/mol. The minimum absolute atomic E-state index is 0.0272. The van der Waals surface area contributed by atoms with Gasteiger partial charge >= 0.3 is 0 Å². The van der Waals surface area contributed by atoms with Gasteiger partial charge in [-0.2, -0.15) is 5.26 Å². The van der Waals surface area contributed by atoms with Gasteiger partial charge < -0.3 is 4.74 Å². The smallest absolute Gasteiger partial charge is 0.204 e. The van der Waals surface area contributed by atoms with Gasteiger partial charge in [-0.25, -0.2) is 4.89 Å². The number of benzene rings is 1. The molecule has 0 saturated carbocycles. The summed E-state index contributed by atoms with van der Waals surface area (Å²) in [7, 11) is 0.